The normalized spacial score (nSPS) is 19.6. The minimum absolute atomic E-state index is 0.0946. The van der Waals surface area contributed by atoms with Crippen LogP contribution in [0.5, 0.6) is 0 Å². The Labute approximate surface area is 171 Å². The monoisotopic (exact) mass is 399 g/mol. The van der Waals surface area contributed by atoms with Crippen LogP contribution in [0.25, 0.3) is 11.3 Å². The maximum atomic E-state index is 12.5. The summed E-state index contributed by atoms with van der Waals surface area (Å²) in [6.45, 7) is 3.08. The van der Waals surface area contributed by atoms with Crippen molar-refractivity contribution in [3.05, 3.63) is 42.4 Å². The highest BCUT2D eigenvalue weighted by Gasteiger charge is 2.40. The Morgan fingerprint density at radius 1 is 1.18 bits per heavy atom. The van der Waals surface area contributed by atoms with Gasteiger partial charge < -0.3 is 9.73 Å². The molecule has 0 spiro atoms. The van der Waals surface area contributed by atoms with Gasteiger partial charge in [-0.25, -0.2) is 4.98 Å². The molecule has 1 amide bonds. The van der Waals surface area contributed by atoms with Crippen molar-refractivity contribution < 1.29 is 9.21 Å². The first-order valence-electron chi connectivity index (χ1n) is 10.3. The summed E-state index contributed by atoms with van der Waals surface area (Å²) in [7, 11) is 0. The Hall–Kier alpha value is -1.79. The molecule has 1 aliphatic heterocycles. The van der Waals surface area contributed by atoms with Gasteiger partial charge in [-0.3, -0.25) is 9.69 Å². The lowest BCUT2D eigenvalue weighted by atomic mass is 9.94. The number of rotatable bonds is 7. The molecule has 1 saturated heterocycles. The van der Waals surface area contributed by atoms with Crippen molar-refractivity contribution in [1.82, 2.24) is 15.2 Å². The van der Waals surface area contributed by atoms with Gasteiger partial charge in [-0.15, -0.1) is 0 Å². The van der Waals surface area contributed by atoms with E-state index in [0.717, 1.165) is 31.0 Å². The van der Waals surface area contributed by atoms with E-state index in [2.05, 4.69) is 15.2 Å². The van der Waals surface area contributed by atoms with Crippen molar-refractivity contribution in [2.45, 2.75) is 44.1 Å². The van der Waals surface area contributed by atoms with Crippen molar-refractivity contribution in [2.24, 2.45) is 0 Å². The van der Waals surface area contributed by atoms with E-state index >= 15 is 0 Å². The van der Waals surface area contributed by atoms with Crippen molar-refractivity contribution in [3.8, 4) is 11.3 Å². The average Bonchev–Trinajstić information content (AvgIpc) is 3.43. The zero-order valence-corrected chi connectivity index (χ0v) is 17.2. The van der Waals surface area contributed by atoms with E-state index in [1.807, 2.05) is 42.1 Å². The molecule has 28 heavy (non-hydrogen) atoms. The van der Waals surface area contributed by atoms with Gasteiger partial charge in [-0.1, -0.05) is 43.2 Å². The lowest BCUT2D eigenvalue weighted by molar-refractivity contribution is -0.121. The molecule has 1 aromatic heterocycles. The summed E-state index contributed by atoms with van der Waals surface area (Å²) in [4.78, 5) is 19.4. The van der Waals surface area contributed by atoms with Gasteiger partial charge in [-0.05, 0) is 12.8 Å². The molecule has 150 valence electrons. The summed E-state index contributed by atoms with van der Waals surface area (Å²) in [6.07, 6.45) is 7.66. The van der Waals surface area contributed by atoms with Gasteiger partial charge in [0.25, 0.3) is 0 Å². The van der Waals surface area contributed by atoms with Gasteiger partial charge in [0.1, 0.15) is 0 Å². The van der Waals surface area contributed by atoms with Crippen LogP contribution in [0.2, 0.25) is 0 Å². The minimum Gasteiger partial charge on any atom is -0.441 e. The minimum atomic E-state index is 0.0946. The fourth-order valence-electron chi connectivity index (χ4n) is 4.41. The molecule has 0 radical (unpaired) electrons. The lowest BCUT2D eigenvalue weighted by Gasteiger charge is -2.43. The topological polar surface area (TPSA) is 58.4 Å². The number of nitrogens with one attached hydrogen (secondary N) is 1. The molecule has 1 N–H and O–H groups in total. The number of aryl methyl sites for hydroxylation is 1. The highest BCUT2D eigenvalue weighted by atomic mass is 32.2. The standard InChI is InChI=1S/C22H29N3O2S/c26-20(8-9-21-23-16-19(27-21)18-6-2-1-3-7-18)24-17-22(10-4-5-11-22)25-12-14-28-15-13-25/h1-3,6-7,16H,4-5,8-15,17H2,(H,24,26). The molecule has 1 saturated carbocycles. The molecule has 2 aliphatic rings. The molecule has 1 aliphatic carbocycles. The zero-order valence-electron chi connectivity index (χ0n) is 16.4. The predicted molar refractivity (Wildman–Crippen MR) is 113 cm³/mol. The number of thioether (sulfide) groups is 1. The summed E-state index contributed by atoms with van der Waals surface area (Å²) < 4.78 is 5.81. The fourth-order valence-corrected chi connectivity index (χ4v) is 5.31. The molecule has 1 aromatic carbocycles. The Morgan fingerprint density at radius 3 is 2.68 bits per heavy atom. The zero-order chi connectivity index (χ0) is 19.2. The Balaban J connectivity index is 1.28. The summed E-state index contributed by atoms with van der Waals surface area (Å²) in [6, 6.07) is 9.93. The van der Waals surface area contributed by atoms with Crippen molar-refractivity contribution in [2.75, 3.05) is 31.1 Å². The van der Waals surface area contributed by atoms with Crippen molar-refractivity contribution in [1.29, 1.82) is 0 Å². The van der Waals surface area contributed by atoms with Crippen molar-refractivity contribution >= 4 is 17.7 Å². The maximum absolute atomic E-state index is 12.5. The van der Waals surface area contributed by atoms with Crippen LogP contribution in [-0.4, -0.2) is 52.5 Å². The number of hydrogen-bond donors (Lipinski definition) is 1. The third-order valence-electron chi connectivity index (χ3n) is 6.01. The highest BCUT2D eigenvalue weighted by molar-refractivity contribution is 7.99. The molecule has 2 aromatic rings. The number of nitrogens with zero attached hydrogens (tertiary/aromatic N) is 2. The second-order valence-corrected chi connectivity index (χ2v) is 9.02. The number of carbonyl (C=O) groups is 1. The van der Waals surface area contributed by atoms with E-state index in [9.17, 15) is 4.79 Å². The number of hydrogen-bond acceptors (Lipinski definition) is 5. The molecule has 0 atom stereocenters. The van der Waals surface area contributed by atoms with Gasteiger partial charge in [-0.2, -0.15) is 11.8 Å². The average molecular weight is 400 g/mol. The highest BCUT2D eigenvalue weighted by Crippen LogP contribution is 2.36. The van der Waals surface area contributed by atoms with Crippen molar-refractivity contribution in [3.63, 3.8) is 0 Å². The van der Waals surface area contributed by atoms with Gasteiger partial charge in [0.05, 0.1) is 6.20 Å². The molecular formula is C22H29N3O2S. The van der Waals surface area contributed by atoms with Crippen LogP contribution >= 0.6 is 11.8 Å². The van der Waals surface area contributed by atoms with Crippen LogP contribution in [0.1, 0.15) is 38.0 Å². The van der Waals surface area contributed by atoms with E-state index in [1.165, 1.54) is 37.2 Å². The third-order valence-corrected chi connectivity index (χ3v) is 6.95. The maximum Gasteiger partial charge on any atom is 0.220 e. The van der Waals surface area contributed by atoms with E-state index in [1.54, 1.807) is 6.20 Å². The first-order chi connectivity index (χ1) is 13.8. The van der Waals surface area contributed by atoms with Gasteiger partial charge >= 0.3 is 0 Å². The molecular weight excluding hydrogens is 370 g/mol. The molecule has 5 nitrogen and oxygen atoms in total. The van der Waals surface area contributed by atoms with E-state index in [4.69, 9.17) is 4.42 Å². The van der Waals surface area contributed by atoms with E-state index in [0.29, 0.717) is 18.7 Å². The molecule has 0 unspecified atom stereocenters. The number of aromatic nitrogens is 1. The summed E-state index contributed by atoms with van der Waals surface area (Å²) in [5.41, 5.74) is 1.19. The van der Waals surface area contributed by atoms with Gasteiger partial charge in [0, 0.05) is 55.1 Å². The summed E-state index contributed by atoms with van der Waals surface area (Å²) in [5, 5.41) is 3.21. The molecule has 0 bridgehead atoms. The predicted octanol–water partition coefficient (Wildman–Crippen LogP) is 3.75. The Bertz CT molecular complexity index is 765. The second-order valence-electron chi connectivity index (χ2n) is 7.79. The first kappa shape index (κ1) is 19.5. The molecule has 4 rings (SSSR count). The van der Waals surface area contributed by atoms with Crippen LogP contribution in [-0.2, 0) is 11.2 Å². The summed E-state index contributed by atoms with van der Waals surface area (Å²) in [5.74, 6) is 3.89. The SMILES string of the molecule is O=C(CCc1ncc(-c2ccccc2)o1)NCC1(N2CCSCC2)CCCC1. The van der Waals surface area contributed by atoms with Gasteiger partial charge in [0.2, 0.25) is 5.91 Å². The fraction of sp³-hybridized carbons (Fsp3) is 0.545. The smallest absolute Gasteiger partial charge is 0.220 e. The second kappa shape index (κ2) is 9.14. The number of oxazole rings is 1. The number of amides is 1. The third kappa shape index (κ3) is 4.61. The number of carbonyl (C=O) groups excluding carboxylic acids is 1. The van der Waals surface area contributed by atoms with E-state index in [-0.39, 0.29) is 11.4 Å². The molecule has 2 heterocycles. The Kier molecular flexibility index (Phi) is 6.37. The lowest BCUT2D eigenvalue weighted by Crippen LogP contribution is -2.56. The van der Waals surface area contributed by atoms with Crippen LogP contribution < -0.4 is 5.32 Å². The van der Waals surface area contributed by atoms with Crippen LogP contribution in [0.3, 0.4) is 0 Å². The summed E-state index contributed by atoms with van der Waals surface area (Å²) >= 11 is 2.04. The Morgan fingerprint density at radius 2 is 1.93 bits per heavy atom. The van der Waals surface area contributed by atoms with Gasteiger partial charge in [0.15, 0.2) is 11.7 Å². The molecule has 2 fully saturated rings. The largest absolute Gasteiger partial charge is 0.441 e. The van der Waals surface area contributed by atoms with Crippen LogP contribution in [0.15, 0.2) is 40.9 Å². The first-order valence-corrected chi connectivity index (χ1v) is 11.5. The van der Waals surface area contributed by atoms with Crippen LogP contribution in [0, 0.1) is 0 Å². The number of benzene rings is 1. The molecule has 6 heteroatoms. The van der Waals surface area contributed by atoms with Crippen LogP contribution in [0.4, 0.5) is 0 Å². The van der Waals surface area contributed by atoms with E-state index < -0.39 is 0 Å². The quantitative estimate of drug-likeness (QED) is 0.768.